The summed E-state index contributed by atoms with van der Waals surface area (Å²) >= 11 is 0. The molecule has 32 heavy (non-hydrogen) atoms. The number of hydrogen-bond acceptors (Lipinski definition) is 4. The Morgan fingerprint density at radius 3 is 2.56 bits per heavy atom. The Bertz CT molecular complexity index is 787. The van der Waals surface area contributed by atoms with Crippen LogP contribution in [0.1, 0.15) is 17.5 Å². The highest BCUT2D eigenvalue weighted by Crippen LogP contribution is 2.17. The quantitative estimate of drug-likeness (QED) is 0.198. The van der Waals surface area contributed by atoms with Gasteiger partial charge in [-0.3, -0.25) is 4.99 Å². The molecule has 1 unspecified atom stereocenters. The number of likely N-dealkylation sites (tertiary alicyclic amines) is 1. The summed E-state index contributed by atoms with van der Waals surface area (Å²) in [5.41, 5.74) is 2.45. The molecule has 0 amide bonds. The first-order chi connectivity index (χ1) is 15.3. The molecule has 3 rings (SSSR count). The number of halogens is 1. The van der Waals surface area contributed by atoms with Gasteiger partial charge in [0.15, 0.2) is 5.96 Å². The molecular weight excluding hydrogens is 517 g/mol. The zero-order chi connectivity index (χ0) is 21.7. The van der Waals surface area contributed by atoms with Crippen molar-refractivity contribution in [3.05, 3.63) is 65.7 Å². The first kappa shape index (κ1) is 26.4. The second kappa shape index (κ2) is 15.1. The van der Waals surface area contributed by atoms with E-state index >= 15 is 0 Å². The molecule has 0 spiro atoms. The summed E-state index contributed by atoms with van der Waals surface area (Å²) < 4.78 is 16.6. The minimum absolute atomic E-state index is 0. The van der Waals surface area contributed by atoms with Crippen molar-refractivity contribution in [2.45, 2.75) is 19.4 Å². The monoisotopic (exact) mass is 553 g/mol. The summed E-state index contributed by atoms with van der Waals surface area (Å²) in [6.45, 7) is 5.55. The summed E-state index contributed by atoms with van der Waals surface area (Å²) in [5, 5.41) is 3.50. The van der Waals surface area contributed by atoms with Crippen LogP contribution < -0.4 is 10.1 Å². The minimum Gasteiger partial charge on any atom is -0.489 e. The number of benzene rings is 2. The largest absolute Gasteiger partial charge is 0.489 e. The van der Waals surface area contributed by atoms with E-state index in [9.17, 15) is 0 Å². The predicted molar refractivity (Wildman–Crippen MR) is 140 cm³/mol. The molecule has 1 heterocycles. The van der Waals surface area contributed by atoms with Crippen LogP contribution in [-0.4, -0.2) is 64.5 Å². The van der Waals surface area contributed by atoms with E-state index in [-0.39, 0.29) is 24.0 Å². The SMILES string of the molecule is CN=C(NCCc1ccc(OCc2ccccc2)cc1)N1CCC(COCCOC)C1.I. The highest BCUT2D eigenvalue weighted by atomic mass is 127. The van der Waals surface area contributed by atoms with Gasteiger partial charge in [-0.15, -0.1) is 24.0 Å². The summed E-state index contributed by atoms with van der Waals surface area (Å²) in [6.07, 6.45) is 2.08. The maximum atomic E-state index is 5.87. The molecule has 1 aliphatic rings. The third-order valence-corrected chi connectivity index (χ3v) is 5.45. The molecule has 0 aromatic heterocycles. The molecule has 2 aromatic carbocycles. The van der Waals surface area contributed by atoms with Gasteiger partial charge in [0.05, 0.1) is 19.8 Å². The van der Waals surface area contributed by atoms with Crippen molar-refractivity contribution in [1.29, 1.82) is 0 Å². The molecule has 0 aliphatic carbocycles. The van der Waals surface area contributed by atoms with E-state index in [4.69, 9.17) is 14.2 Å². The van der Waals surface area contributed by atoms with Gasteiger partial charge in [-0.05, 0) is 36.1 Å². The van der Waals surface area contributed by atoms with Crippen molar-refractivity contribution >= 4 is 29.9 Å². The van der Waals surface area contributed by atoms with E-state index in [1.807, 2.05) is 37.4 Å². The smallest absolute Gasteiger partial charge is 0.193 e. The van der Waals surface area contributed by atoms with Crippen LogP contribution in [0.15, 0.2) is 59.6 Å². The fourth-order valence-corrected chi connectivity index (χ4v) is 3.70. The number of guanidine groups is 1. The zero-order valence-electron chi connectivity index (χ0n) is 19.2. The van der Waals surface area contributed by atoms with Crippen molar-refractivity contribution in [3.8, 4) is 5.75 Å². The van der Waals surface area contributed by atoms with E-state index in [2.05, 4.69) is 39.5 Å². The van der Waals surface area contributed by atoms with Gasteiger partial charge in [-0.25, -0.2) is 0 Å². The Morgan fingerprint density at radius 1 is 1.06 bits per heavy atom. The van der Waals surface area contributed by atoms with Crippen LogP contribution in [0.25, 0.3) is 0 Å². The second-order valence-corrected chi connectivity index (χ2v) is 7.81. The van der Waals surface area contributed by atoms with E-state index in [0.29, 0.717) is 25.7 Å². The Labute approximate surface area is 209 Å². The highest BCUT2D eigenvalue weighted by molar-refractivity contribution is 14.0. The molecular formula is C25H36IN3O3. The molecule has 1 aliphatic heterocycles. The molecule has 1 atom stereocenters. The maximum absolute atomic E-state index is 5.87. The fourth-order valence-electron chi connectivity index (χ4n) is 3.70. The molecule has 7 heteroatoms. The maximum Gasteiger partial charge on any atom is 0.193 e. The van der Waals surface area contributed by atoms with Crippen molar-refractivity contribution in [1.82, 2.24) is 10.2 Å². The first-order valence-electron chi connectivity index (χ1n) is 11.1. The van der Waals surface area contributed by atoms with Gasteiger partial charge in [0.2, 0.25) is 0 Å². The van der Waals surface area contributed by atoms with Crippen molar-refractivity contribution in [2.75, 3.05) is 53.6 Å². The van der Waals surface area contributed by atoms with E-state index in [1.165, 1.54) is 11.1 Å². The molecule has 1 N–H and O–H groups in total. The lowest BCUT2D eigenvalue weighted by atomic mass is 10.1. The van der Waals surface area contributed by atoms with E-state index < -0.39 is 0 Å². The number of ether oxygens (including phenoxy) is 3. The van der Waals surface area contributed by atoms with Crippen molar-refractivity contribution in [3.63, 3.8) is 0 Å². The fraction of sp³-hybridized carbons (Fsp3) is 0.480. The lowest BCUT2D eigenvalue weighted by molar-refractivity contribution is 0.0536. The normalized spacial score (nSPS) is 16.0. The van der Waals surface area contributed by atoms with Gasteiger partial charge in [0.1, 0.15) is 12.4 Å². The Kier molecular flexibility index (Phi) is 12.4. The zero-order valence-corrected chi connectivity index (χ0v) is 21.5. The van der Waals surface area contributed by atoms with Crippen LogP contribution in [0, 0.1) is 5.92 Å². The average Bonchev–Trinajstić information content (AvgIpc) is 3.28. The number of hydrogen-bond donors (Lipinski definition) is 1. The summed E-state index contributed by atoms with van der Waals surface area (Å²) in [7, 11) is 3.55. The highest BCUT2D eigenvalue weighted by Gasteiger charge is 2.24. The third kappa shape index (κ3) is 8.96. The minimum atomic E-state index is 0. The molecule has 1 saturated heterocycles. The molecule has 2 aromatic rings. The van der Waals surface area contributed by atoms with Crippen LogP contribution >= 0.6 is 24.0 Å². The number of rotatable bonds is 11. The average molecular weight is 553 g/mol. The number of aliphatic imine (C=N–C) groups is 1. The van der Waals surface area contributed by atoms with Gasteiger partial charge in [0.25, 0.3) is 0 Å². The van der Waals surface area contributed by atoms with Crippen LogP contribution in [0.3, 0.4) is 0 Å². The van der Waals surface area contributed by atoms with Crippen LogP contribution in [0.5, 0.6) is 5.75 Å². The van der Waals surface area contributed by atoms with Gasteiger partial charge in [-0.2, -0.15) is 0 Å². The van der Waals surface area contributed by atoms with Crippen molar-refractivity contribution in [2.24, 2.45) is 10.9 Å². The van der Waals surface area contributed by atoms with Crippen LogP contribution in [-0.2, 0) is 22.5 Å². The van der Waals surface area contributed by atoms with Gasteiger partial charge >= 0.3 is 0 Å². The Morgan fingerprint density at radius 2 is 1.84 bits per heavy atom. The number of nitrogens with zero attached hydrogens (tertiary/aromatic N) is 2. The Hall–Kier alpha value is -1.84. The van der Waals surface area contributed by atoms with Gasteiger partial charge < -0.3 is 24.4 Å². The second-order valence-electron chi connectivity index (χ2n) is 7.81. The standard InChI is InChI=1S/C25H35N3O3.HI/c1-26-25(28-15-13-23(18-28)19-30-17-16-29-2)27-14-12-21-8-10-24(11-9-21)31-20-22-6-4-3-5-7-22;/h3-11,23H,12-20H2,1-2H3,(H,26,27);1H. The summed E-state index contributed by atoms with van der Waals surface area (Å²) in [5.74, 6) is 2.42. The number of methoxy groups -OCH3 is 1. The van der Waals surface area contributed by atoms with Gasteiger partial charge in [-0.1, -0.05) is 42.5 Å². The lowest BCUT2D eigenvalue weighted by Crippen LogP contribution is -2.41. The molecule has 6 nitrogen and oxygen atoms in total. The summed E-state index contributed by atoms with van der Waals surface area (Å²) in [6, 6.07) is 18.6. The van der Waals surface area contributed by atoms with E-state index in [0.717, 1.165) is 50.8 Å². The predicted octanol–water partition coefficient (Wildman–Crippen LogP) is 3.99. The van der Waals surface area contributed by atoms with E-state index in [1.54, 1.807) is 7.11 Å². The molecule has 176 valence electrons. The van der Waals surface area contributed by atoms with Crippen LogP contribution in [0.4, 0.5) is 0 Å². The molecule has 0 saturated carbocycles. The van der Waals surface area contributed by atoms with Gasteiger partial charge in [0, 0.05) is 39.7 Å². The first-order valence-corrected chi connectivity index (χ1v) is 11.1. The summed E-state index contributed by atoms with van der Waals surface area (Å²) in [4.78, 5) is 6.79. The molecule has 0 radical (unpaired) electrons. The topological polar surface area (TPSA) is 55.3 Å². The Balaban J connectivity index is 0.00000363. The number of nitrogens with one attached hydrogen (secondary N) is 1. The van der Waals surface area contributed by atoms with Crippen LogP contribution in [0.2, 0.25) is 0 Å². The van der Waals surface area contributed by atoms with Crippen molar-refractivity contribution < 1.29 is 14.2 Å². The molecule has 0 bridgehead atoms. The lowest BCUT2D eigenvalue weighted by Gasteiger charge is -2.21. The molecule has 1 fully saturated rings. The third-order valence-electron chi connectivity index (χ3n) is 5.45.